The molecule has 0 amide bonds. The van der Waals surface area contributed by atoms with E-state index < -0.39 is 0 Å². The quantitative estimate of drug-likeness (QED) is 0.743. The van der Waals surface area contributed by atoms with E-state index in [1.807, 2.05) is 13.0 Å². The molecule has 0 spiro atoms. The van der Waals surface area contributed by atoms with Gasteiger partial charge in [0.1, 0.15) is 11.8 Å². The van der Waals surface area contributed by atoms with E-state index in [1.165, 1.54) is 0 Å². The molecule has 0 heterocycles. The van der Waals surface area contributed by atoms with Crippen molar-refractivity contribution in [3.63, 3.8) is 0 Å². The lowest BCUT2D eigenvalue weighted by molar-refractivity contribution is 0.316. The molecular formula is C10H10ClNO. The molecule has 0 unspecified atom stereocenters. The largest absolute Gasteiger partial charge is 0.492 e. The molecule has 0 radical (unpaired) electrons. The Balaban J connectivity index is 2.89. The fraction of sp³-hybridized carbons (Fsp3) is 0.300. The Morgan fingerprint density at radius 1 is 1.54 bits per heavy atom. The zero-order valence-electron chi connectivity index (χ0n) is 7.38. The number of benzene rings is 1. The number of hydrogen-bond acceptors (Lipinski definition) is 2. The van der Waals surface area contributed by atoms with E-state index in [-0.39, 0.29) is 0 Å². The van der Waals surface area contributed by atoms with Crippen LogP contribution in [0.25, 0.3) is 0 Å². The fourth-order valence-electron chi connectivity index (χ4n) is 0.920. The minimum absolute atomic E-state index is 0.526. The first kappa shape index (κ1) is 9.88. The Morgan fingerprint density at radius 2 is 2.31 bits per heavy atom. The van der Waals surface area contributed by atoms with Crippen molar-refractivity contribution < 1.29 is 4.74 Å². The third-order valence-corrected chi connectivity index (χ3v) is 1.76. The monoisotopic (exact) mass is 195 g/mol. The van der Waals surface area contributed by atoms with Crippen LogP contribution in [-0.2, 0) is 0 Å². The number of nitrogens with zero attached hydrogens (tertiary/aromatic N) is 1. The minimum Gasteiger partial charge on any atom is -0.492 e. The minimum atomic E-state index is 0.526. The van der Waals surface area contributed by atoms with Crippen molar-refractivity contribution in [1.82, 2.24) is 0 Å². The van der Waals surface area contributed by atoms with Gasteiger partial charge in [-0.15, -0.1) is 0 Å². The van der Waals surface area contributed by atoms with Gasteiger partial charge in [0.25, 0.3) is 0 Å². The predicted molar refractivity (Wildman–Crippen MR) is 52.0 cm³/mol. The average Bonchev–Trinajstić information content (AvgIpc) is 2.15. The molecule has 0 saturated carbocycles. The Labute approximate surface area is 82.7 Å². The van der Waals surface area contributed by atoms with Gasteiger partial charge in [0, 0.05) is 11.1 Å². The number of nitriles is 1. The van der Waals surface area contributed by atoms with Gasteiger partial charge in [-0.05, 0) is 18.6 Å². The number of rotatable bonds is 3. The zero-order valence-corrected chi connectivity index (χ0v) is 8.14. The first-order valence-electron chi connectivity index (χ1n) is 4.10. The van der Waals surface area contributed by atoms with Crippen LogP contribution in [0.4, 0.5) is 0 Å². The highest BCUT2D eigenvalue weighted by atomic mass is 35.5. The van der Waals surface area contributed by atoms with E-state index in [0.717, 1.165) is 6.42 Å². The highest BCUT2D eigenvalue weighted by Crippen LogP contribution is 2.22. The normalized spacial score (nSPS) is 9.31. The number of halogens is 1. The molecule has 0 bridgehead atoms. The summed E-state index contributed by atoms with van der Waals surface area (Å²) >= 11 is 5.76. The van der Waals surface area contributed by atoms with Gasteiger partial charge < -0.3 is 4.74 Å². The number of ether oxygens (including phenoxy) is 1. The molecule has 0 saturated heterocycles. The third kappa shape index (κ3) is 2.64. The Bertz CT molecular complexity index is 330. The summed E-state index contributed by atoms with van der Waals surface area (Å²) in [6, 6.07) is 7.05. The maximum Gasteiger partial charge on any atom is 0.138 e. The van der Waals surface area contributed by atoms with Crippen molar-refractivity contribution in [2.24, 2.45) is 0 Å². The molecular weight excluding hydrogens is 186 g/mol. The summed E-state index contributed by atoms with van der Waals surface area (Å²) in [5, 5.41) is 9.32. The molecule has 68 valence electrons. The van der Waals surface area contributed by atoms with Crippen molar-refractivity contribution >= 4 is 11.6 Å². The molecule has 0 aliphatic carbocycles. The van der Waals surface area contributed by atoms with Crippen LogP contribution in [0.15, 0.2) is 18.2 Å². The van der Waals surface area contributed by atoms with E-state index >= 15 is 0 Å². The average molecular weight is 196 g/mol. The van der Waals surface area contributed by atoms with Crippen LogP contribution in [0, 0.1) is 11.3 Å². The van der Waals surface area contributed by atoms with Crippen LogP contribution in [-0.4, -0.2) is 6.61 Å². The lowest BCUT2D eigenvalue weighted by Gasteiger charge is -2.05. The smallest absolute Gasteiger partial charge is 0.138 e. The van der Waals surface area contributed by atoms with Crippen LogP contribution in [0.1, 0.15) is 18.9 Å². The summed E-state index contributed by atoms with van der Waals surface area (Å²) in [6.07, 6.45) is 0.914. The maximum absolute atomic E-state index is 8.74. The standard InChI is InChI=1S/C10H10ClNO/c1-2-5-13-10-6-9(11)4-3-8(10)7-12/h3-4,6H,2,5H2,1H3. The number of hydrogen-bond donors (Lipinski definition) is 0. The van der Waals surface area contributed by atoms with Crippen molar-refractivity contribution in [3.8, 4) is 11.8 Å². The zero-order chi connectivity index (χ0) is 9.68. The van der Waals surface area contributed by atoms with Crippen LogP contribution < -0.4 is 4.74 Å². The van der Waals surface area contributed by atoms with Gasteiger partial charge in [-0.2, -0.15) is 5.26 Å². The van der Waals surface area contributed by atoms with E-state index in [0.29, 0.717) is 22.9 Å². The molecule has 3 heteroatoms. The lowest BCUT2D eigenvalue weighted by atomic mass is 10.2. The van der Waals surface area contributed by atoms with E-state index in [1.54, 1.807) is 18.2 Å². The second-order valence-electron chi connectivity index (χ2n) is 2.60. The summed E-state index contributed by atoms with van der Waals surface area (Å²) < 4.78 is 5.35. The summed E-state index contributed by atoms with van der Waals surface area (Å²) in [5.74, 6) is 0.567. The fourth-order valence-corrected chi connectivity index (χ4v) is 1.08. The molecule has 0 aromatic heterocycles. The molecule has 0 N–H and O–H groups in total. The first-order valence-corrected chi connectivity index (χ1v) is 4.48. The molecule has 0 aliphatic heterocycles. The van der Waals surface area contributed by atoms with E-state index in [2.05, 4.69) is 0 Å². The summed E-state index contributed by atoms with van der Waals surface area (Å²) in [7, 11) is 0. The molecule has 0 aliphatic rings. The SMILES string of the molecule is CCCOc1cc(Cl)ccc1C#N. The van der Waals surface area contributed by atoms with Gasteiger partial charge in [0.05, 0.1) is 12.2 Å². The molecule has 0 fully saturated rings. The molecule has 13 heavy (non-hydrogen) atoms. The maximum atomic E-state index is 8.74. The molecule has 2 nitrogen and oxygen atoms in total. The second kappa shape index (κ2) is 4.74. The van der Waals surface area contributed by atoms with Gasteiger partial charge in [-0.3, -0.25) is 0 Å². The van der Waals surface area contributed by atoms with Crippen LogP contribution >= 0.6 is 11.6 Å². The van der Waals surface area contributed by atoms with E-state index in [9.17, 15) is 0 Å². The Kier molecular flexibility index (Phi) is 3.60. The summed E-state index contributed by atoms with van der Waals surface area (Å²) in [6.45, 7) is 2.62. The van der Waals surface area contributed by atoms with Crippen LogP contribution in [0.5, 0.6) is 5.75 Å². The van der Waals surface area contributed by atoms with Gasteiger partial charge >= 0.3 is 0 Å². The molecule has 0 atom stereocenters. The van der Waals surface area contributed by atoms with Crippen molar-refractivity contribution in [2.75, 3.05) is 6.61 Å². The lowest BCUT2D eigenvalue weighted by Crippen LogP contribution is -1.96. The highest BCUT2D eigenvalue weighted by Gasteiger charge is 2.02. The van der Waals surface area contributed by atoms with Gasteiger partial charge in [0.15, 0.2) is 0 Å². The van der Waals surface area contributed by atoms with Crippen LogP contribution in [0.3, 0.4) is 0 Å². The predicted octanol–water partition coefficient (Wildman–Crippen LogP) is 3.00. The second-order valence-corrected chi connectivity index (χ2v) is 3.04. The van der Waals surface area contributed by atoms with Crippen molar-refractivity contribution in [1.29, 1.82) is 5.26 Å². The van der Waals surface area contributed by atoms with Crippen LogP contribution in [0.2, 0.25) is 5.02 Å². The first-order chi connectivity index (χ1) is 6.27. The third-order valence-electron chi connectivity index (χ3n) is 1.53. The van der Waals surface area contributed by atoms with Gasteiger partial charge in [0.2, 0.25) is 0 Å². The van der Waals surface area contributed by atoms with Crippen molar-refractivity contribution in [3.05, 3.63) is 28.8 Å². The van der Waals surface area contributed by atoms with E-state index in [4.69, 9.17) is 21.6 Å². The summed E-state index contributed by atoms with van der Waals surface area (Å²) in [5.41, 5.74) is 0.526. The molecule has 1 aromatic rings. The van der Waals surface area contributed by atoms with Gasteiger partial charge in [-0.1, -0.05) is 18.5 Å². The summed E-state index contributed by atoms with van der Waals surface area (Å²) in [4.78, 5) is 0. The Morgan fingerprint density at radius 3 is 2.92 bits per heavy atom. The van der Waals surface area contributed by atoms with Gasteiger partial charge in [-0.25, -0.2) is 0 Å². The van der Waals surface area contributed by atoms with Crippen molar-refractivity contribution in [2.45, 2.75) is 13.3 Å². The highest BCUT2D eigenvalue weighted by molar-refractivity contribution is 6.30. The molecule has 1 aromatic carbocycles. The molecule has 1 rings (SSSR count). The Hall–Kier alpha value is -1.20. The topological polar surface area (TPSA) is 33.0 Å².